The number of benzene rings is 4. The lowest BCUT2D eigenvalue weighted by Crippen LogP contribution is -2.60. The van der Waals surface area contributed by atoms with Gasteiger partial charge in [0.25, 0.3) is 0 Å². The molecule has 5 nitrogen and oxygen atoms in total. The van der Waals surface area contributed by atoms with E-state index in [1.54, 1.807) is 0 Å². The van der Waals surface area contributed by atoms with Crippen LogP contribution in [-0.4, -0.2) is 4.86 Å². The van der Waals surface area contributed by atoms with Gasteiger partial charge in [0.05, 0.1) is 20.0 Å². The van der Waals surface area contributed by atoms with Gasteiger partial charge in [-0.3, -0.25) is 0 Å². The fraction of sp³-hybridized carbons (Fsp3) is 0. The smallest absolute Gasteiger partial charge is 0.148 e. The molecular weight excluding hydrogens is 568 g/mol. The summed E-state index contributed by atoms with van der Waals surface area (Å²) in [7, 11) is -6.18. The molecule has 0 aromatic heterocycles. The summed E-state index contributed by atoms with van der Waals surface area (Å²) >= 11 is 0. The molecule has 0 N–H and O–H groups in total. The van der Waals surface area contributed by atoms with Gasteiger partial charge >= 0.3 is 0 Å². The first-order valence-corrected chi connectivity index (χ1v) is 15.5. The Balaban J connectivity index is 1.54. The van der Waals surface area contributed by atoms with Crippen LogP contribution in [0.15, 0.2) is 163 Å². The lowest BCUT2D eigenvalue weighted by molar-refractivity contribution is -1.91. The van der Waals surface area contributed by atoms with Crippen LogP contribution < -0.4 is 14.0 Å². The maximum absolute atomic E-state index is 11.9. The van der Waals surface area contributed by atoms with E-state index in [4.69, 9.17) is 8.47 Å². The Bertz CT molecular complexity index is 1710. The van der Waals surface area contributed by atoms with E-state index in [0.717, 1.165) is 33.4 Å². The van der Waals surface area contributed by atoms with Crippen molar-refractivity contribution in [3.8, 4) is 0 Å². The van der Waals surface area contributed by atoms with Gasteiger partial charge in [-0.15, -0.1) is 0 Å². The second-order valence-electron chi connectivity index (χ2n) is 9.45. The van der Waals surface area contributed by atoms with Crippen LogP contribution in [0.1, 0.15) is 22.3 Å². The lowest BCUT2D eigenvalue weighted by atomic mass is 10.0. The van der Waals surface area contributed by atoms with Crippen LogP contribution in [0, 0.1) is 10.2 Å². The Morgan fingerprint density at radius 2 is 1.00 bits per heavy atom. The minimum atomic E-state index is -4.69. The SMILES string of the molecule is [O-][Cl+3]([O-])([O-])OS1=C(c2ccccc2)C=C(C=C2C=C(c3ccccc3)OC(c3ccccc3)=C2)C=C1c1ccccc1. The zero-order chi connectivity index (χ0) is 28.9. The molecule has 1 atom stereocenters. The van der Waals surface area contributed by atoms with Crippen molar-refractivity contribution in [1.29, 1.82) is 0 Å². The lowest BCUT2D eigenvalue weighted by Gasteiger charge is -2.22. The summed E-state index contributed by atoms with van der Waals surface area (Å²) in [6, 6.07) is 38.5. The van der Waals surface area contributed by atoms with Gasteiger partial charge in [-0.05, 0) is 52.7 Å². The first-order chi connectivity index (χ1) is 20.4. The molecule has 208 valence electrons. The number of ether oxygens (including phenoxy) is 1. The maximum atomic E-state index is 11.9. The molecule has 4 aromatic carbocycles. The van der Waals surface area contributed by atoms with Crippen LogP contribution in [0.3, 0.4) is 0 Å². The molecule has 2 heterocycles. The fourth-order valence-corrected chi connectivity index (χ4v) is 7.25. The summed E-state index contributed by atoms with van der Waals surface area (Å²) in [5.74, 6) is 1.41. The summed E-state index contributed by atoms with van der Waals surface area (Å²) in [5.41, 5.74) is 5.08. The van der Waals surface area contributed by atoms with Crippen molar-refractivity contribution >= 4 is 32.1 Å². The van der Waals surface area contributed by atoms with E-state index >= 15 is 0 Å². The molecule has 0 saturated carbocycles. The zero-order valence-corrected chi connectivity index (χ0v) is 23.8. The van der Waals surface area contributed by atoms with Crippen LogP contribution >= 0.6 is 10.8 Å². The minimum Gasteiger partial charge on any atom is -0.456 e. The molecule has 7 heteroatoms. The number of hydrogen-bond donors (Lipinski definition) is 0. The first kappa shape index (κ1) is 27.9. The number of allylic oxidation sites excluding steroid dienone is 7. The average Bonchev–Trinajstić information content (AvgIpc) is 3.02. The van der Waals surface area contributed by atoms with Gasteiger partial charge in [-0.1, -0.05) is 121 Å². The Labute approximate surface area is 249 Å². The molecule has 1 unspecified atom stereocenters. The monoisotopic (exact) mass is 592 g/mol. The third kappa shape index (κ3) is 6.61. The van der Waals surface area contributed by atoms with Gasteiger partial charge in [-0.25, -0.2) is 0 Å². The molecule has 0 spiro atoms. The van der Waals surface area contributed by atoms with Gasteiger partial charge in [0.1, 0.15) is 26.0 Å². The predicted octanol–water partition coefficient (Wildman–Crippen LogP) is 5.32. The van der Waals surface area contributed by atoms with E-state index in [9.17, 15) is 14.0 Å². The van der Waals surface area contributed by atoms with E-state index in [2.05, 4.69) is 0 Å². The van der Waals surface area contributed by atoms with Gasteiger partial charge in [0.2, 0.25) is 0 Å². The van der Waals surface area contributed by atoms with Crippen molar-refractivity contribution < 1.29 is 32.7 Å². The Morgan fingerprint density at radius 1 is 0.548 bits per heavy atom. The Morgan fingerprint density at radius 3 is 1.48 bits per heavy atom. The van der Waals surface area contributed by atoms with Crippen molar-refractivity contribution in [3.63, 3.8) is 0 Å². The van der Waals surface area contributed by atoms with E-state index in [-0.39, 0.29) is 0 Å². The summed E-state index contributed by atoms with van der Waals surface area (Å²) in [5, 5.41) is 0. The second-order valence-corrected chi connectivity index (χ2v) is 12.1. The first-order valence-electron chi connectivity index (χ1n) is 13.1. The fourth-order valence-electron chi connectivity index (χ4n) is 4.67. The maximum Gasteiger partial charge on any atom is 0.148 e. The van der Waals surface area contributed by atoms with Crippen LogP contribution in [0.25, 0.3) is 16.4 Å². The van der Waals surface area contributed by atoms with Crippen LogP contribution in [0.5, 0.6) is 0 Å². The summed E-state index contributed by atoms with van der Waals surface area (Å²) in [6.07, 6.45) is 9.73. The molecule has 0 aliphatic carbocycles. The van der Waals surface area contributed by atoms with E-state index in [0.29, 0.717) is 21.3 Å². The summed E-state index contributed by atoms with van der Waals surface area (Å²) in [6.45, 7) is 0. The van der Waals surface area contributed by atoms with Gasteiger partial charge < -0.3 is 4.74 Å². The highest BCUT2D eigenvalue weighted by atomic mass is 35.7. The van der Waals surface area contributed by atoms with Crippen molar-refractivity contribution in [2.24, 2.45) is 0 Å². The molecule has 0 radical (unpaired) electrons. The molecule has 0 saturated heterocycles. The normalized spacial score (nSPS) is 17.0. The van der Waals surface area contributed by atoms with Crippen LogP contribution in [0.2, 0.25) is 0 Å². The van der Waals surface area contributed by atoms with E-state index < -0.39 is 21.0 Å². The van der Waals surface area contributed by atoms with Crippen molar-refractivity contribution in [1.82, 2.24) is 0 Å². The van der Waals surface area contributed by atoms with E-state index in [1.807, 2.05) is 152 Å². The molecule has 0 amide bonds. The highest BCUT2D eigenvalue weighted by molar-refractivity contribution is 8.20. The molecule has 4 aromatic rings. The molecule has 6 rings (SSSR count). The minimum absolute atomic E-state index is 0.585. The third-order valence-electron chi connectivity index (χ3n) is 6.52. The standard InChI is InChI=1S/C35H25ClO5S/c37-36(38,39)41-42-34(30-17-9-3-10-18-30)24-27(25-35(42)31-19-11-4-12-20-31)21-26-22-32(28-13-5-1-6-14-28)40-33(23-26)29-15-7-2-8-16-29/h1-25H. The molecule has 2 aliphatic heterocycles. The average molecular weight is 593 g/mol. The van der Waals surface area contributed by atoms with Gasteiger partial charge in [-0.2, -0.15) is 14.0 Å². The van der Waals surface area contributed by atoms with Crippen molar-refractivity contribution in [2.45, 2.75) is 0 Å². The molecular formula is C35H25ClO5S. The largest absolute Gasteiger partial charge is 0.456 e. The quantitative estimate of drug-likeness (QED) is 0.271. The second kappa shape index (κ2) is 12.3. The highest BCUT2D eigenvalue weighted by Gasteiger charge is 2.31. The molecule has 2 aliphatic rings. The number of hydrogen-bond acceptors (Lipinski definition) is 5. The summed E-state index contributed by atoms with van der Waals surface area (Å²) in [4.78, 5) is 1.17. The predicted molar refractivity (Wildman–Crippen MR) is 160 cm³/mol. The van der Waals surface area contributed by atoms with Gasteiger partial charge in [0, 0.05) is 11.1 Å². The van der Waals surface area contributed by atoms with Crippen LogP contribution in [-0.2, 0) is 8.47 Å². The highest BCUT2D eigenvalue weighted by Crippen LogP contribution is 2.44. The third-order valence-corrected chi connectivity index (χ3v) is 9.14. The number of halogens is 1. The van der Waals surface area contributed by atoms with Gasteiger partial charge in [0.15, 0.2) is 0 Å². The molecule has 42 heavy (non-hydrogen) atoms. The van der Waals surface area contributed by atoms with E-state index in [1.165, 1.54) is 0 Å². The summed E-state index contributed by atoms with van der Waals surface area (Å²) < 4.78 is 47.2. The Kier molecular flexibility index (Phi) is 8.17. The topological polar surface area (TPSA) is 87.6 Å². The molecule has 0 fully saturated rings. The zero-order valence-electron chi connectivity index (χ0n) is 22.3. The Hall–Kier alpha value is -4.27. The molecule has 0 bridgehead atoms. The van der Waals surface area contributed by atoms with Crippen molar-refractivity contribution in [3.05, 3.63) is 185 Å². The number of rotatable bonds is 7. The van der Waals surface area contributed by atoms with Crippen LogP contribution in [0.4, 0.5) is 0 Å². The van der Waals surface area contributed by atoms with Crippen molar-refractivity contribution in [2.75, 3.05) is 0 Å².